The minimum atomic E-state index is -2.81. The van der Waals surface area contributed by atoms with E-state index in [1.54, 1.807) is 6.92 Å². The molecular formula is C21H22ClF4N3O3. The van der Waals surface area contributed by atoms with Crippen molar-refractivity contribution in [1.29, 1.82) is 0 Å². The average molecular weight is 476 g/mol. The van der Waals surface area contributed by atoms with Crippen LogP contribution in [0.2, 0.25) is 5.02 Å². The molecule has 4 rings (SSSR count). The molecule has 174 valence electrons. The van der Waals surface area contributed by atoms with E-state index in [9.17, 15) is 31.9 Å². The molecule has 1 aliphatic heterocycles. The highest BCUT2D eigenvalue weighted by Gasteiger charge is 2.74. The first kappa shape index (κ1) is 22.8. The summed E-state index contributed by atoms with van der Waals surface area (Å²) in [5.41, 5.74) is -1.52. The number of halogens is 5. The van der Waals surface area contributed by atoms with Crippen LogP contribution in [0.4, 0.5) is 22.4 Å². The Morgan fingerprint density at radius 1 is 1.22 bits per heavy atom. The summed E-state index contributed by atoms with van der Waals surface area (Å²) in [6, 6.07) is 0.00183. The van der Waals surface area contributed by atoms with Gasteiger partial charge in [0.2, 0.25) is 11.8 Å². The van der Waals surface area contributed by atoms with Gasteiger partial charge in [0, 0.05) is 30.4 Å². The SMILES string of the molecule is CC1([C@H](NC(=O)[C@@H]2CCC(=O)NC(=O)NC2)c2c(F)ccc(Cl)c2F)C[C@@H]2[C@H](C1)C2(F)F. The zero-order valence-corrected chi connectivity index (χ0v) is 17.9. The Morgan fingerprint density at radius 3 is 2.53 bits per heavy atom. The molecule has 0 bridgehead atoms. The van der Waals surface area contributed by atoms with E-state index < -0.39 is 70.2 Å². The number of alkyl halides is 2. The lowest BCUT2D eigenvalue weighted by Gasteiger charge is -2.38. The first-order valence-corrected chi connectivity index (χ1v) is 10.7. The van der Waals surface area contributed by atoms with Gasteiger partial charge in [-0.15, -0.1) is 0 Å². The number of hydrogen-bond donors (Lipinski definition) is 3. The number of fused-ring (bicyclic) bond motifs is 1. The van der Waals surface area contributed by atoms with Crippen LogP contribution in [0.15, 0.2) is 12.1 Å². The molecule has 4 amide bonds. The minimum absolute atomic E-state index is 0.0230. The molecule has 1 unspecified atom stereocenters. The van der Waals surface area contributed by atoms with Crippen LogP contribution < -0.4 is 16.0 Å². The topological polar surface area (TPSA) is 87.3 Å². The van der Waals surface area contributed by atoms with Crippen molar-refractivity contribution in [2.45, 2.75) is 44.6 Å². The Bertz CT molecular complexity index is 957. The smallest absolute Gasteiger partial charge is 0.321 e. The standard InChI is InChI=1S/C21H22ClF4N3O3/c1-20(6-10-11(7-20)21(10,25)26)17(15-13(23)4-3-12(22)16(15)24)29-18(31)9-2-5-14(30)28-19(32)27-8-9/h3-4,9-11,17H,2,5-8H2,1H3,(H,29,31)(H2,27,28,30,32)/t9-,10-,11+,17-,20?/m1/s1. The molecule has 1 heterocycles. The molecule has 2 aliphatic carbocycles. The number of benzene rings is 1. The predicted octanol–water partition coefficient (Wildman–Crippen LogP) is 3.69. The van der Waals surface area contributed by atoms with Crippen LogP contribution in [0.1, 0.15) is 44.2 Å². The summed E-state index contributed by atoms with van der Waals surface area (Å²) in [5.74, 6) is -8.67. The van der Waals surface area contributed by atoms with Crippen LogP contribution in [0, 0.1) is 34.8 Å². The van der Waals surface area contributed by atoms with Crippen LogP contribution >= 0.6 is 11.6 Å². The van der Waals surface area contributed by atoms with Crippen molar-refractivity contribution in [1.82, 2.24) is 16.0 Å². The molecule has 5 atom stereocenters. The number of hydrogen-bond acceptors (Lipinski definition) is 3. The van der Waals surface area contributed by atoms with E-state index in [-0.39, 0.29) is 37.3 Å². The van der Waals surface area contributed by atoms with E-state index in [1.165, 1.54) is 0 Å². The second-order valence-corrected chi connectivity index (χ2v) is 9.55. The fourth-order valence-electron chi connectivity index (χ4n) is 5.08. The van der Waals surface area contributed by atoms with Gasteiger partial charge in [-0.05, 0) is 36.8 Å². The lowest BCUT2D eigenvalue weighted by atomic mass is 9.74. The summed E-state index contributed by atoms with van der Waals surface area (Å²) in [6.45, 7) is 1.52. The second kappa shape index (κ2) is 7.90. The van der Waals surface area contributed by atoms with Gasteiger partial charge in [-0.25, -0.2) is 22.4 Å². The average Bonchev–Trinajstić information content (AvgIpc) is 3.02. The Morgan fingerprint density at radius 2 is 1.88 bits per heavy atom. The largest absolute Gasteiger partial charge is 0.348 e. The van der Waals surface area contributed by atoms with Crippen molar-refractivity contribution in [2.75, 3.05) is 6.54 Å². The first-order valence-electron chi connectivity index (χ1n) is 10.3. The van der Waals surface area contributed by atoms with E-state index in [0.717, 1.165) is 12.1 Å². The summed E-state index contributed by atoms with van der Waals surface area (Å²) < 4.78 is 57.4. The maximum Gasteiger partial charge on any atom is 0.321 e. The number of urea groups is 1. The Kier molecular flexibility index (Phi) is 5.63. The fraction of sp³-hybridized carbons (Fsp3) is 0.571. The Labute approximate surface area is 186 Å². The number of carbonyl (C=O) groups excluding carboxylic acids is 3. The molecule has 1 aromatic carbocycles. The molecule has 11 heteroatoms. The number of imide groups is 1. The third-order valence-corrected chi connectivity index (χ3v) is 7.23. The molecule has 1 aromatic rings. The highest BCUT2D eigenvalue weighted by molar-refractivity contribution is 6.30. The molecule has 2 saturated carbocycles. The van der Waals surface area contributed by atoms with Gasteiger partial charge in [-0.1, -0.05) is 18.5 Å². The summed E-state index contributed by atoms with van der Waals surface area (Å²) in [7, 11) is 0. The van der Waals surface area contributed by atoms with Gasteiger partial charge in [-0.3, -0.25) is 14.9 Å². The normalized spacial score (nSPS) is 32.1. The minimum Gasteiger partial charge on any atom is -0.348 e. The number of carbonyl (C=O) groups is 3. The molecule has 3 aliphatic rings. The third-order valence-electron chi connectivity index (χ3n) is 6.94. The molecule has 3 fully saturated rings. The van der Waals surface area contributed by atoms with Crippen LogP contribution in [0.25, 0.3) is 0 Å². The maximum absolute atomic E-state index is 14.9. The zero-order valence-electron chi connectivity index (χ0n) is 17.1. The van der Waals surface area contributed by atoms with E-state index in [2.05, 4.69) is 16.0 Å². The van der Waals surface area contributed by atoms with E-state index >= 15 is 0 Å². The van der Waals surface area contributed by atoms with Crippen molar-refractivity contribution in [2.24, 2.45) is 23.2 Å². The quantitative estimate of drug-likeness (QED) is 0.458. The predicted molar refractivity (Wildman–Crippen MR) is 106 cm³/mol. The molecule has 32 heavy (non-hydrogen) atoms. The lowest BCUT2D eigenvalue weighted by molar-refractivity contribution is -0.127. The summed E-state index contributed by atoms with van der Waals surface area (Å²) >= 11 is 5.86. The van der Waals surface area contributed by atoms with Gasteiger partial charge in [0.25, 0.3) is 5.92 Å². The third kappa shape index (κ3) is 3.93. The van der Waals surface area contributed by atoms with E-state index in [1.807, 2.05) is 0 Å². The molecule has 1 saturated heterocycles. The molecular weight excluding hydrogens is 454 g/mol. The lowest BCUT2D eigenvalue weighted by Crippen LogP contribution is -2.49. The second-order valence-electron chi connectivity index (χ2n) is 9.14. The molecule has 3 N–H and O–H groups in total. The van der Waals surface area contributed by atoms with Gasteiger partial charge in [0.15, 0.2) is 0 Å². The summed E-state index contributed by atoms with van der Waals surface area (Å²) in [5, 5.41) is 6.77. The Balaban J connectivity index is 1.63. The maximum atomic E-state index is 14.9. The van der Waals surface area contributed by atoms with Crippen LogP contribution in [0.3, 0.4) is 0 Å². The highest BCUT2D eigenvalue weighted by atomic mass is 35.5. The van der Waals surface area contributed by atoms with Gasteiger partial charge >= 0.3 is 6.03 Å². The summed E-state index contributed by atoms with van der Waals surface area (Å²) in [6.07, 6.45) is -0.0510. The number of nitrogens with one attached hydrogen (secondary N) is 3. The van der Waals surface area contributed by atoms with Gasteiger partial charge in [-0.2, -0.15) is 0 Å². The van der Waals surface area contributed by atoms with E-state index in [4.69, 9.17) is 11.6 Å². The van der Waals surface area contributed by atoms with E-state index in [0.29, 0.717) is 0 Å². The van der Waals surface area contributed by atoms with Crippen LogP contribution in [-0.2, 0) is 9.59 Å². The zero-order chi connectivity index (χ0) is 23.4. The van der Waals surface area contributed by atoms with Crippen LogP contribution in [0.5, 0.6) is 0 Å². The first-order chi connectivity index (χ1) is 14.9. The molecule has 0 aromatic heterocycles. The van der Waals surface area contributed by atoms with Crippen molar-refractivity contribution < 1.29 is 31.9 Å². The van der Waals surface area contributed by atoms with Crippen LogP contribution in [-0.4, -0.2) is 30.3 Å². The van der Waals surface area contributed by atoms with Crippen molar-refractivity contribution in [3.63, 3.8) is 0 Å². The van der Waals surface area contributed by atoms with Gasteiger partial charge in [0.05, 0.1) is 17.0 Å². The molecule has 0 radical (unpaired) electrons. The number of rotatable bonds is 4. The van der Waals surface area contributed by atoms with Crippen molar-refractivity contribution >= 4 is 29.4 Å². The molecule has 6 nitrogen and oxygen atoms in total. The van der Waals surface area contributed by atoms with Gasteiger partial charge < -0.3 is 10.6 Å². The monoisotopic (exact) mass is 475 g/mol. The number of amides is 4. The van der Waals surface area contributed by atoms with Gasteiger partial charge in [0.1, 0.15) is 11.6 Å². The summed E-state index contributed by atoms with van der Waals surface area (Å²) in [4.78, 5) is 36.3. The fourth-order valence-corrected chi connectivity index (χ4v) is 5.25. The molecule has 0 spiro atoms. The van der Waals surface area contributed by atoms with Crippen molar-refractivity contribution in [3.8, 4) is 0 Å². The van der Waals surface area contributed by atoms with Crippen molar-refractivity contribution in [3.05, 3.63) is 34.4 Å². The highest BCUT2D eigenvalue weighted by Crippen LogP contribution is 2.71. The Hall–Kier alpha value is -2.36.